The molecule has 0 aromatic heterocycles. The van der Waals surface area contributed by atoms with Crippen molar-refractivity contribution in [1.29, 1.82) is 0 Å². The zero-order chi connectivity index (χ0) is 23.4. The first-order valence-corrected chi connectivity index (χ1v) is 13.0. The molecule has 1 amide bonds. The lowest BCUT2D eigenvalue weighted by atomic mass is 9.89. The van der Waals surface area contributed by atoms with E-state index in [0.717, 1.165) is 25.2 Å². The Bertz CT molecular complexity index is 973. The maximum atomic E-state index is 14.6. The summed E-state index contributed by atoms with van der Waals surface area (Å²) in [4.78, 5) is 28.1. The standard InChI is InChI=1S/C25H29ClFN3O2S/c1-33-15-22(31)29-21(16-6-3-2-4-7-16)10-11-30-14-17-12-28-13-18(17)24(30)25(32)23-19(26)8-5-9-20(23)27/h2-9,17-18,21,24,28H,10-15H2,1H3,(H,29,31)/t17?,18?,21?,24-/m0/s1. The van der Waals surface area contributed by atoms with Crippen molar-refractivity contribution in [2.45, 2.75) is 18.5 Å². The Morgan fingerprint density at radius 3 is 2.73 bits per heavy atom. The summed E-state index contributed by atoms with van der Waals surface area (Å²) in [6.07, 6.45) is 2.56. The van der Waals surface area contributed by atoms with E-state index in [1.54, 1.807) is 6.07 Å². The minimum atomic E-state index is -0.576. The molecule has 2 fully saturated rings. The number of hydrogen-bond acceptors (Lipinski definition) is 5. The van der Waals surface area contributed by atoms with Gasteiger partial charge in [-0.25, -0.2) is 4.39 Å². The van der Waals surface area contributed by atoms with Gasteiger partial charge in [0.15, 0.2) is 5.78 Å². The van der Waals surface area contributed by atoms with Gasteiger partial charge in [-0.1, -0.05) is 48.0 Å². The first-order valence-electron chi connectivity index (χ1n) is 11.3. The molecule has 0 radical (unpaired) electrons. The molecule has 33 heavy (non-hydrogen) atoms. The van der Waals surface area contributed by atoms with Crippen molar-refractivity contribution in [3.05, 3.63) is 70.5 Å². The second-order valence-electron chi connectivity index (χ2n) is 8.74. The Balaban J connectivity index is 1.54. The molecule has 0 spiro atoms. The maximum absolute atomic E-state index is 14.6. The van der Waals surface area contributed by atoms with Crippen LogP contribution >= 0.6 is 23.4 Å². The number of likely N-dealkylation sites (tertiary alicyclic amines) is 1. The number of hydrogen-bond donors (Lipinski definition) is 2. The number of thioether (sulfide) groups is 1. The molecule has 0 bridgehead atoms. The predicted octanol–water partition coefficient (Wildman–Crippen LogP) is 3.79. The van der Waals surface area contributed by atoms with Crippen molar-refractivity contribution in [2.75, 3.05) is 38.2 Å². The fourth-order valence-corrected chi connectivity index (χ4v) is 5.75. The smallest absolute Gasteiger partial charge is 0.230 e. The Morgan fingerprint density at radius 2 is 2.00 bits per heavy atom. The third-order valence-corrected chi connectivity index (χ3v) is 7.52. The van der Waals surface area contributed by atoms with Gasteiger partial charge in [0.2, 0.25) is 5.91 Å². The number of nitrogens with one attached hydrogen (secondary N) is 2. The number of carbonyl (C=O) groups excluding carboxylic acids is 2. The van der Waals surface area contributed by atoms with Gasteiger partial charge in [0.05, 0.1) is 28.4 Å². The van der Waals surface area contributed by atoms with Gasteiger partial charge in [-0.3, -0.25) is 14.5 Å². The third-order valence-electron chi connectivity index (χ3n) is 6.66. The van der Waals surface area contributed by atoms with E-state index in [9.17, 15) is 14.0 Å². The van der Waals surface area contributed by atoms with Crippen molar-refractivity contribution >= 4 is 35.1 Å². The second kappa shape index (κ2) is 11.0. The first kappa shape index (κ1) is 24.2. The number of ketones is 1. The zero-order valence-corrected chi connectivity index (χ0v) is 20.2. The molecular formula is C25H29ClFN3O2S. The van der Waals surface area contributed by atoms with Crippen LogP contribution in [0.15, 0.2) is 48.5 Å². The molecule has 2 aromatic rings. The van der Waals surface area contributed by atoms with Gasteiger partial charge >= 0.3 is 0 Å². The summed E-state index contributed by atoms with van der Waals surface area (Å²) < 4.78 is 14.6. The van der Waals surface area contributed by atoms with Crippen LogP contribution in [0.5, 0.6) is 0 Å². The minimum absolute atomic E-state index is 0.00962. The molecule has 3 unspecified atom stereocenters. The molecule has 2 aliphatic heterocycles. The summed E-state index contributed by atoms with van der Waals surface area (Å²) in [5, 5.41) is 6.67. The molecule has 2 heterocycles. The quantitative estimate of drug-likeness (QED) is 0.525. The predicted molar refractivity (Wildman–Crippen MR) is 131 cm³/mol. The van der Waals surface area contributed by atoms with E-state index in [1.807, 2.05) is 36.6 Å². The minimum Gasteiger partial charge on any atom is -0.349 e. The summed E-state index contributed by atoms with van der Waals surface area (Å²) in [5.74, 6) is 0.0191. The summed E-state index contributed by atoms with van der Waals surface area (Å²) in [6.45, 7) is 2.97. The molecule has 176 valence electrons. The molecule has 2 N–H and O–H groups in total. The topological polar surface area (TPSA) is 61.4 Å². The highest BCUT2D eigenvalue weighted by atomic mass is 35.5. The largest absolute Gasteiger partial charge is 0.349 e. The SMILES string of the molecule is CSCC(=O)NC(CCN1CC2CNCC2[C@H]1C(=O)c1c(F)cccc1Cl)c1ccccc1. The highest BCUT2D eigenvalue weighted by molar-refractivity contribution is 7.99. The molecule has 4 atom stereocenters. The highest BCUT2D eigenvalue weighted by Gasteiger charge is 2.48. The van der Waals surface area contributed by atoms with Crippen LogP contribution in [0.25, 0.3) is 0 Å². The molecule has 2 saturated heterocycles. The van der Waals surface area contributed by atoms with Crippen LogP contribution in [0, 0.1) is 17.7 Å². The van der Waals surface area contributed by atoms with Crippen LogP contribution < -0.4 is 10.6 Å². The van der Waals surface area contributed by atoms with E-state index in [-0.39, 0.29) is 34.2 Å². The second-order valence-corrected chi connectivity index (χ2v) is 10.0. The van der Waals surface area contributed by atoms with E-state index in [4.69, 9.17) is 11.6 Å². The van der Waals surface area contributed by atoms with Crippen LogP contribution in [0.3, 0.4) is 0 Å². The molecule has 8 heteroatoms. The van der Waals surface area contributed by atoms with Crippen molar-refractivity contribution in [3.63, 3.8) is 0 Å². The summed E-state index contributed by atoms with van der Waals surface area (Å²) in [7, 11) is 0. The summed E-state index contributed by atoms with van der Waals surface area (Å²) >= 11 is 7.73. The lowest BCUT2D eigenvalue weighted by molar-refractivity contribution is -0.119. The normalized spacial score (nSPS) is 23.3. The third kappa shape index (κ3) is 5.43. The average molecular weight is 490 g/mol. The molecule has 0 saturated carbocycles. The van der Waals surface area contributed by atoms with Crippen LogP contribution in [0.2, 0.25) is 5.02 Å². The molecule has 5 nitrogen and oxygen atoms in total. The van der Waals surface area contributed by atoms with Crippen molar-refractivity contribution in [2.24, 2.45) is 11.8 Å². The van der Waals surface area contributed by atoms with E-state index in [0.29, 0.717) is 24.6 Å². The number of rotatable bonds is 9. The number of amides is 1. The van der Waals surface area contributed by atoms with E-state index >= 15 is 0 Å². The van der Waals surface area contributed by atoms with Gasteiger partial charge in [0, 0.05) is 19.6 Å². The Hall–Kier alpha value is -1.93. The number of fused-ring (bicyclic) bond motifs is 1. The van der Waals surface area contributed by atoms with Gasteiger partial charge in [-0.2, -0.15) is 11.8 Å². The number of carbonyl (C=O) groups is 2. The number of Topliss-reactive ketones (excluding diaryl/α,β-unsaturated/α-hetero) is 1. The van der Waals surface area contributed by atoms with Crippen molar-refractivity contribution in [3.8, 4) is 0 Å². The van der Waals surface area contributed by atoms with Crippen LogP contribution in [0.1, 0.15) is 28.4 Å². The number of nitrogens with zero attached hydrogens (tertiary/aromatic N) is 1. The van der Waals surface area contributed by atoms with E-state index in [1.165, 1.54) is 23.9 Å². The lowest BCUT2D eigenvalue weighted by Gasteiger charge is -2.29. The molecular weight excluding hydrogens is 461 g/mol. The number of halogens is 2. The Labute approximate surface area is 203 Å². The fourth-order valence-electron chi connectivity index (χ4n) is 5.15. The lowest BCUT2D eigenvalue weighted by Crippen LogP contribution is -2.43. The highest BCUT2D eigenvalue weighted by Crippen LogP contribution is 2.36. The Kier molecular flexibility index (Phi) is 8.07. The van der Waals surface area contributed by atoms with Gasteiger partial charge in [-0.05, 0) is 48.8 Å². The van der Waals surface area contributed by atoms with E-state index in [2.05, 4.69) is 15.5 Å². The molecule has 4 rings (SSSR count). The zero-order valence-electron chi connectivity index (χ0n) is 18.6. The monoisotopic (exact) mass is 489 g/mol. The molecule has 2 aromatic carbocycles. The fraction of sp³-hybridized carbons (Fsp3) is 0.440. The van der Waals surface area contributed by atoms with Gasteiger partial charge < -0.3 is 10.6 Å². The molecule has 0 aliphatic carbocycles. The van der Waals surface area contributed by atoms with Crippen LogP contribution in [-0.2, 0) is 4.79 Å². The van der Waals surface area contributed by atoms with Crippen molar-refractivity contribution in [1.82, 2.24) is 15.5 Å². The van der Waals surface area contributed by atoms with Gasteiger partial charge in [0.25, 0.3) is 0 Å². The van der Waals surface area contributed by atoms with Crippen LogP contribution in [-0.4, -0.2) is 60.8 Å². The summed E-state index contributed by atoms with van der Waals surface area (Å²) in [6, 6.07) is 13.7. The Morgan fingerprint density at radius 1 is 1.21 bits per heavy atom. The van der Waals surface area contributed by atoms with E-state index < -0.39 is 11.9 Å². The molecule has 2 aliphatic rings. The summed E-state index contributed by atoms with van der Waals surface area (Å²) in [5.41, 5.74) is 1.02. The maximum Gasteiger partial charge on any atom is 0.230 e. The van der Waals surface area contributed by atoms with Gasteiger partial charge in [-0.15, -0.1) is 0 Å². The van der Waals surface area contributed by atoms with Crippen LogP contribution in [0.4, 0.5) is 4.39 Å². The number of benzene rings is 2. The van der Waals surface area contributed by atoms with Crippen molar-refractivity contribution < 1.29 is 14.0 Å². The average Bonchev–Trinajstić information content (AvgIpc) is 3.38. The first-order chi connectivity index (χ1) is 16.0. The van der Waals surface area contributed by atoms with Gasteiger partial charge in [0.1, 0.15) is 5.82 Å².